The van der Waals surface area contributed by atoms with E-state index < -0.39 is 5.91 Å². The molecule has 172 valence electrons. The summed E-state index contributed by atoms with van der Waals surface area (Å²) in [5, 5.41) is 24.6. The van der Waals surface area contributed by atoms with E-state index in [4.69, 9.17) is 10.5 Å². The van der Waals surface area contributed by atoms with Crippen molar-refractivity contribution in [2.24, 2.45) is 0 Å². The fourth-order valence-electron chi connectivity index (χ4n) is 2.75. The Hall–Kier alpha value is -3.45. The van der Waals surface area contributed by atoms with Gasteiger partial charge in [0.05, 0.1) is 6.61 Å². The predicted octanol–water partition coefficient (Wildman–Crippen LogP) is 2.76. The third kappa shape index (κ3) is 9.57. The molecule has 0 atom stereocenters. The second kappa shape index (κ2) is 14.5. The average molecular weight is 439 g/mol. The number of hydrogen-bond donors (Lipinski definition) is 5. The second-order valence-electron chi connectivity index (χ2n) is 7.21. The van der Waals surface area contributed by atoms with Crippen LogP contribution in [0.1, 0.15) is 32.8 Å². The number of aliphatic hydroxyl groups is 1. The maximum absolute atomic E-state index is 13.0. The first kappa shape index (κ1) is 26.6. The summed E-state index contributed by atoms with van der Waals surface area (Å²) in [6.45, 7) is 6.03. The molecule has 7 nitrogen and oxygen atoms in total. The van der Waals surface area contributed by atoms with Crippen LogP contribution in [0.4, 0.5) is 0 Å². The minimum atomic E-state index is -0.487. The highest BCUT2D eigenvalue weighted by Crippen LogP contribution is 2.19. The summed E-state index contributed by atoms with van der Waals surface area (Å²) in [6.07, 6.45) is 7.65. The number of amides is 2. The lowest BCUT2D eigenvalue weighted by molar-refractivity contribution is -0.117. The Morgan fingerprint density at radius 3 is 2.38 bits per heavy atom. The van der Waals surface area contributed by atoms with Crippen molar-refractivity contribution in [1.29, 1.82) is 5.41 Å². The maximum Gasteiger partial charge on any atom is 0.256 e. The van der Waals surface area contributed by atoms with Crippen LogP contribution in [0.2, 0.25) is 0 Å². The van der Waals surface area contributed by atoms with Gasteiger partial charge in [-0.1, -0.05) is 42.8 Å². The molecule has 1 aromatic carbocycles. The van der Waals surface area contributed by atoms with Gasteiger partial charge >= 0.3 is 0 Å². The molecule has 1 aromatic rings. The van der Waals surface area contributed by atoms with E-state index in [1.54, 1.807) is 13.0 Å². The molecule has 0 fully saturated rings. The highest BCUT2D eigenvalue weighted by Gasteiger charge is 2.13. The molecule has 0 unspecified atom stereocenters. The number of carbonyl (C=O) groups excluding carboxylic acids is 2. The zero-order valence-electron chi connectivity index (χ0n) is 19.3. The Labute approximate surface area is 190 Å². The largest absolute Gasteiger partial charge is 0.395 e. The number of amidine groups is 1. The normalized spacial score (nSPS) is 12.9. The summed E-state index contributed by atoms with van der Waals surface area (Å²) in [5.41, 5.74) is 3.90. The zero-order valence-corrected chi connectivity index (χ0v) is 19.3. The molecule has 1 rings (SSSR count). The van der Waals surface area contributed by atoms with E-state index in [0.717, 1.165) is 23.1 Å². The van der Waals surface area contributed by atoms with Crippen LogP contribution < -0.4 is 16.0 Å². The third-order valence-electron chi connectivity index (χ3n) is 4.74. The molecule has 0 spiro atoms. The number of carbonyl (C=O) groups is 2. The Kier molecular flexibility index (Phi) is 12.1. The molecule has 32 heavy (non-hydrogen) atoms. The molecule has 0 saturated carbocycles. The maximum atomic E-state index is 13.0. The lowest BCUT2D eigenvalue weighted by Gasteiger charge is -2.11. The fourth-order valence-corrected chi connectivity index (χ4v) is 2.75. The van der Waals surface area contributed by atoms with Crippen LogP contribution in [-0.4, -0.2) is 43.0 Å². The molecule has 7 heteroatoms. The van der Waals surface area contributed by atoms with Crippen LogP contribution in [0.25, 0.3) is 0 Å². The van der Waals surface area contributed by atoms with Crippen LogP contribution in [0.3, 0.4) is 0 Å². The van der Waals surface area contributed by atoms with E-state index in [9.17, 15) is 9.59 Å². The van der Waals surface area contributed by atoms with Gasteiger partial charge in [-0.15, -0.1) is 0 Å². The number of rotatable bonds is 11. The van der Waals surface area contributed by atoms with Gasteiger partial charge in [-0.3, -0.25) is 15.0 Å². The van der Waals surface area contributed by atoms with Gasteiger partial charge in [-0.05, 0) is 56.1 Å². The van der Waals surface area contributed by atoms with Gasteiger partial charge < -0.3 is 21.1 Å². The molecule has 0 aliphatic carbocycles. The van der Waals surface area contributed by atoms with E-state index in [1.807, 2.05) is 37.3 Å². The lowest BCUT2D eigenvalue weighted by Crippen LogP contribution is -2.30. The second-order valence-corrected chi connectivity index (χ2v) is 7.21. The van der Waals surface area contributed by atoms with Gasteiger partial charge in [0.15, 0.2) is 0 Å². The van der Waals surface area contributed by atoms with Gasteiger partial charge in [0.1, 0.15) is 5.84 Å². The lowest BCUT2D eigenvalue weighted by atomic mass is 9.96. The van der Waals surface area contributed by atoms with Gasteiger partial charge in [0, 0.05) is 30.9 Å². The zero-order chi connectivity index (χ0) is 23.9. The molecular weight excluding hydrogens is 404 g/mol. The highest BCUT2D eigenvalue weighted by atomic mass is 16.3. The van der Waals surface area contributed by atoms with Crippen LogP contribution in [0.5, 0.6) is 0 Å². The van der Waals surface area contributed by atoms with E-state index in [0.29, 0.717) is 18.5 Å². The predicted molar refractivity (Wildman–Crippen MR) is 129 cm³/mol. The Balaban J connectivity index is 3.29. The number of benzene rings is 1. The van der Waals surface area contributed by atoms with Crippen molar-refractivity contribution in [2.45, 2.75) is 33.6 Å². The Morgan fingerprint density at radius 2 is 1.78 bits per heavy atom. The summed E-state index contributed by atoms with van der Waals surface area (Å²) in [5.74, 6) is -0.884. The molecule has 0 aliphatic heterocycles. The Bertz CT molecular complexity index is 912. The van der Waals surface area contributed by atoms with Crippen molar-refractivity contribution in [3.8, 4) is 0 Å². The van der Waals surface area contributed by atoms with Gasteiger partial charge in [-0.25, -0.2) is 0 Å². The molecule has 0 aromatic heterocycles. The number of nitrogens with one attached hydrogen (secondary N) is 4. The summed E-state index contributed by atoms with van der Waals surface area (Å²) in [6, 6.07) is 9.96. The molecule has 0 saturated heterocycles. The van der Waals surface area contributed by atoms with Crippen molar-refractivity contribution in [3.63, 3.8) is 0 Å². The topological polar surface area (TPSA) is 114 Å². The van der Waals surface area contributed by atoms with E-state index in [2.05, 4.69) is 22.9 Å². The number of likely N-dealkylation sites (N-methyl/N-ethyl adjacent to an activating group) is 1. The van der Waals surface area contributed by atoms with Gasteiger partial charge in [0.2, 0.25) is 5.91 Å². The monoisotopic (exact) mass is 438 g/mol. The third-order valence-corrected chi connectivity index (χ3v) is 4.74. The van der Waals surface area contributed by atoms with Crippen LogP contribution in [-0.2, 0) is 16.0 Å². The van der Waals surface area contributed by atoms with Crippen LogP contribution in [0.15, 0.2) is 77.1 Å². The highest BCUT2D eigenvalue weighted by molar-refractivity contribution is 6.10. The molecule has 2 amide bonds. The van der Waals surface area contributed by atoms with Crippen molar-refractivity contribution in [2.75, 3.05) is 20.2 Å². The number of aliphatic hydroxyl groups excluding tert-OH is 1. The summed E-state index contributed by atoms with van der Waals surface area (Å²) >= 11 is 0. The SMILES string of the molecule is CC/C(C)=C(/C=C(\C=C(/C)C(=O)NC)C(=O)NC(=N)/C=C\NCCO)Cc1ccccc1. The number of hydrogen-bond acceptors (Lipinski definition) is 5. The molecule has 0 heterocycles. The van der Waals surface area contributed by atoms with E-state index >= 15 is 0 Å². The average Bonchev–Trinajstić information content (AvgIpc) is 2.80. The van der Waals surface area contributed by atoms with Gasteiger partial charge in [0.25, 0.3) is 5.91 Å². The summed E-state index contributed by atoms with van der Waals surface area (Å²) in [7, 11) is 1.53. The summed E-state index contributed by atoms with van der Waals surface area (Å²) in [4.78, 5) is 25.0. The fraction of sp³-hybridized carbons (Fsp3) is 0.320. The van der Waals surface area contributed by atoms with Crippen molar-refractivity contribution in [3.05, 3.63) is 82.6 Å². The summed E-state index contributed by atoms with van der Waals surface area (Å²) < 4.78 is 0. The minimum Gasteiger partial charge on any atom is -0.395 e. The molecule has 0 aliphatic rings. The molecule has 0 bridgehead atoms. The van der Waals surface area contributed by atoms with Crippen molar-refractivity contribution in [1.82, 2.24) is 16.0 Å². The first-order valence-corrected chi connectivity index (χ1v) is 10.6. The molecular formula is C25H34N4O3. The molecule has 5 N–H and O–H groups in total. The number of allylic oxidation sites excluding steroid dienone is 3. The quantitative estimate of drug-likeness (QED) is 0.120. The van der Waals surface area contributed by atoms with E-state index in [-0.39, 0.29) is 23.9 Å². The van der Waals surface area contributed by atoms with Crippen molar-refractivity contribution >= 4 is 17.6 Å². The van der Waals surface area contributed by atoms with Crippen molar-refractivity contribution < 1.29 is 14.7 Å². The minimum absolute atomic E-state index is 0.0339. The van der Waals surface area contributed by atoms with Crippen LogP contribution >= 0.6 is 0 Å². The molecule has 0 radical (unpaired) electrons. The Morgan fingerprint density at radius 1 is 1.09 bits per heavy atom. The van der Waals surface area contributed by atoms with E-state index in [1.165, 1.54) is 25.4 Å². The van der Waals surface area contributed by atoms with Gasteiger partial charge in [-0.2, -0.15) is 0 Å². The first-order chi connectivity index (χ1) is 15.3. The smallest absolute Gasteiger partial charge is 0.256 e. The standard InChI is InChI=1S/C25H34N4O3/c1-5-18(2)21(16-20-9-7-6-8-10-20)17-22(15-19(3)24(31)27-4)25(32)29-23(26)11-12-28-13-14-30/h6-12,15,17,28,30H,5,13-14,16H2,1-4H3,(H,27,31)(H2,26,29,32)/b12-11-,19-15+,21-18+,22-17+. The first-order valence-electron chi connectivity index (χ1n) is 10.6. The van der Waals surface area contributed by atoms with Crippen LogP contribution in [0, 0.1) is 5.41 Å².